The van der Waals surface area contributed by atoms with Crippen molar-refractivity contribution in [2.75, 3.05) is 0 Å². The molecule has 0 aromatic carbocycles. The van der Waals surface area contributed by atoms with E-state index in [1.807, 2.05) is 0 Å². The van der Waals surface area contributed by atoms with E-state index < -0.39 is 11.9 Å². The number of hydrogen-bond donors (Lipinski definition) is 2. The summed E-state index contributed by atoms with van der Waals surface area (Å²) in [5.41, 5.74) is 0. The molecule has 0 aromatic heterocycles. The van der Waals surface area contributed by atoms with Crippen molar-refractivity contribution in [2.24, 2.45) is 0 Å². The van der Waals surface area contributed by atoms with E-state index in [1.54, 1.807) is 0 Å². The van der Waals surface area contributed by atoms with E-state index in [0.717, 1.165) is 57.8 Å². The van der Waals surface area contributed by atoms with Crippen LogP contribution in [0.3, 0.4) is 0 Å². The van der Waals surface area contributed by atoms with Crippen molar-refractivity contribution in [3.63, 3.8) is 0 Å². The van der Waals surface area contributed by atoms with Gasteiger partial charge in [-0.25, -0.2) is 0 Å². The molecule has 0 aromatic rings. The Labute approximate surface area is 190 Å². The van der Waals surface area contributed by atoms with Crippen LogP contribution in [-0.4, -0.2) is 22.2 Å². The number of rotatable bonds is 23. The molecule has 0 heterocycles. The maximum absolute atomic E-state index is 10.4. The lowest BCUT2D eigenvalue weighted by Gasteiger charge is -2.00. The predicted octanol–water partition coefficient (Wildman–Crippen LogP) is 8.24. The van der Waals surface area contributed by atoms with Crippen molar-refractivity contribution in [3.8, 4) is 0 Å². The van der Waals surface area contributed by atoms with Crippen LogP contribution in [0, 0.1) is 0 Å². The summed E-state index contributed by atoms with van der Waals surface area (Å²) in [6.45, 7) is 0. The number of unbranched alkanes of at least 4 members (excludes halogenated alkanes) is 13. The van der Waals surface area contributed by atoms with Gasteiger partial charge in [0, 0.05) is 12.8 Å². The molecule has 0 rings (SSSR count). The summed E-state index contributed by atoms with van der Waals surface area (Å²) < 4.78 is 0. The molecule has 0 saturated carbocycles. The first-order valence-electron chi connectivity index (χ1n) is 12.5. The van der Waals surface area contributed by atoms with Crippen LogP contribution in [-0.2, 0) is 9.59 Å². The van der Waals surface area contributed by atoms with Crippen LogP contribution in [0.15, 0.2) is 36.5 Å². The molecule has 0 unspecified atom stereocenters. The van der Waals surface area contributed by atoms with Gasteiger partial charge in [0.05, 0.1) is 0 Å². The second-order valence-corrected chi connectivity index (χ2v) is 8.35. The maximum atomic E-state index is 10.4. The SMILES string of the molecule is O=C(O)CCCCCCCC/C=C/C/C=C/C/C=C/CCCCCCCCCC(=O)O. The van der Waals surface area contributed by atoms with Gasteiger partial charge in [-0.2, -0.15) is 0 Å². The van der Waals surface area contributed by atoms with Crippen molar-refractivity contribution < 1.29 is 19.8 Å². The summed E-state index contributed by atoms with van der Waals surface area (Å²) in [5, 5.41) is 17.2. The Balaban J connectivity index is 3.27. The van der Waals surface area contributed by atoms with Crippen LogP contribution >= 0.6 is 0 Å². The molecule has 4 nitrogen and oxygen atoms in total. The highest BCUT2D eigenvalue weighted by molar-refractivity contribution is 5.66. The lowest BCUT2D eigenvalue weighted by Crippen LogP contribution is -1.93. The van der Waals surface area contributed by atoms with Gasteiger partial charge in [0.25, 0.3) is 0 Å². The van der Waals surface area contributed by atoms with E-state index in [-0.39, 0.29) is 0 Å². The Morgan fingerprint density at radius 3 is 1.06 bits per heavy atom. The molecule has 0 saturated heterocycles. The van der Waals surface area contributed by atoms with Gasteiger partial charge < -0.3 is 10.2 Å². The van der Waals surface area contributed by atoms with Crippen LogP contribution in [0.25, 0.3) is 0 Å². The molecular formula is C27H46O4. The maximum Gasteiger partial charge on any atom is 0.303 e. The zero-order valence-electron chi connectivity index (χ0n) is 19.6. The number of allylic oxidation sites excluding steroid dienone is 6. The van der Waals surface area contributed by atoms with Crippen molar-refractivity contribution in [1.29, 1.82) is 0 Å². The molecule has 0 aliphatic carbocycles. The molecule has 0 spiro atoms. The molecule has 0 bridgehead atoms. The Kier molecular flexibility index (Phi) is 23.0. The van der Waals surface area contributed by atoms with E-state index >= 15 is 0 Å². The minimum absolute atomic E-state index is 0.311. The van der Waals surface area contributed by atoms with E-state index in [9.17, 15) is 9.59 Å². The summed E-state index contributed by atoms with van der Waals surface area (Å²) >= 11 is 0. The van der Waals surface area contributed by atoms with Crippen molar-refractivity contribution in [1.82, 2.24) is 0 Å². The van der Waals surface area contributed by atoms with Gasteiger partial charge >= 0.3 is 11.9 Å². The van der Waals surface area contributed by atoms with Gasteiger partial charge in [0.2, 0.25) is 0 Å². The number of carbonyl (C=O) groups is 2. The minimum atomic E-state index is -0.679. The molecule has 178 valence electrons. The standard InChI is InChI=1S/C27H46O4/c28-26(29)24-22-20-18-16-14-12-10-8-6-4-2-1-3-5-7-9-11-13-15-17-19-21-23-25-27(30)31/h1-2,5-8H,3-4,9-25H2,(H,28,29)(H,30,31)/b2-1+,7-5+,8-6+. The number of hydrogen-bond acceptors (Lipinski definition) is 2. The highest BCUT2D eigenvalue weighted by atomic mass is 16.4. The first-order valence-corrected chi connectivity index (χ1v) is 12.5. The Hall–Kier alpha value is -1.84. The summed E-state index contributed by atoms with van der Waals surface area (Å²) in [4.78, 5) is 20.8. The van der Waals surface area contributed by atoms with Gasteiger partial charge in [0.1, 0.15) is 0 Å². The quantitative estimate of drug-likeness (QED) is 0.125. The van der Waals surface area contributed by atoms with Gasteiger partial charge in [0.15, 0.2) is 0 Å². The third kappa shape index (κ3) is 28.2. The number of carboxylic acid groups (broad SMARTS) is 2. The van der Waals surface area contributed by atoms with Crippen molar-refractivity contribution in [2.45, 2.75) is 122 Å². The Bertz CT molecular complexity index is 505. The number of aliphatic carboxylic acids is 2. The summed E-state index contributed by atoms with van der Waals surface area (Å²) in [6, 6.07) is 0. The summed E-state index contributed by atoms with van der Waals surface area (Å²) in [7, 11) is 0. The first-order chi connectivity index (χ1) is 15.1. The summed E-state index contributed by atoms with van der Waals surface area (Å²) in [6.07, 6.45) is 33.2. The smallest absolute Gasteiger partial charge is 0.303 e. The van der Waals surface area contributed by atoms with Crippen LogP contribution < -0.4 is 0 Å². The fourth-order valence-electron chi connectivity index (χ4n) is 3.45. The van der Waals surface area contributed by atoms with Gasteiger partial charge in [-0.05, 0) is 51.4 Å². The molecule has 0 atom stereocenters. The number of carboxylic acids is 2. The molecule has 0 amide bonds. The molecule has 0 aliphatic rings. The second-order valence-electron chi connectivity index (χ2n) is 8.35. The van der Waals surface area contributed by atoms with Crippen LogP contribution in [0.5, 0.6) is 0 Å². The van der Waals surface area contributed by atoms with Crippen LogP contribution in [0.4, 0.5) is 0 Å². The lowest BCUT2D eigenvalue weighted by molar-refractivity contribution is -0.138. The zero-order chi connectivity index (χ0) is 22.8. The fraction of sp³-hybridized carbons (Fsp3) is 0.704. The third-order valence-electron chi connectivity index (χ3n) is 5.32. The average Bonchev–Trinajstić information content (AvgIpc) is 2.73. The fourth-order valence-corrected chi connectivity index (χ4v) is 3.45. The molecular weight excluding hydrogens is 388 g/mol. The Morgan fingerprint density at radius 2 is 0.710 bits per heavy atom. The first kappa shape index (κ1) is 29.2. The van der Waals surface area contributed by atoms with Gasteiger partial charge in [-0.3, -0.25) is 9.59 Å². The van der Waals surface area contributed by atoms with E-state index in [4.69, 9.17) is 10.2 Å². The van der Waals surface area contributed by atoms with E-state index in [2.05, 4.69) is 36.5 Å². The summed E-state index contributed by atoms with van der Waals surface area (Å²) in [5.74, 6) is -1.36. The predicted molar refractivity (Wildman–Crippen MR) is 130 cm³/mol. The Morgan fingerprint density at radius 1 is 0.419 bits per heavy atom. The van der Waals surface area contributed by atoms with Gasteiger partial charge in [-0.15, -0.1) is 0 Å². The molecule has 0 radical (unpaired) electrons. The molecule has 0 aliphatic heterocycles. The lowest BCUT2D eigenvalue weighted by atomic mass is 10.1. The van der Waals surface area contributed by atoms with Crippen molar-refractivity contribution in [3.05, 3.63) is 36.5 Å². The van der Waals surface area contributed by atoms with Gasteiger partial charge in [-0.1, -0.05) is 94.2 Å². The molecule has 31 heavy (non-hydrogen) atoms. The molecule has 2 N–H and O–H groups in total. The average molecular weight is 435 g/mol. The second kappa shape index (κ2) is 24.4. The third-order valence-corrected chi connectivity index (χ3v) is 5.32. The van der Waals surface area contributed by atoms with Crippen molar-refractivity contribution >= 4 is 11.9 Å². The topological polar surface area (TPSA) is 74.6 Å². The molecule has 4 heteroatoms. The largest absolute Gasteiger partial charge is 0.481 e. The zero-order valence-corrected chi connectivity index (χ0v) is 19.6. The minimum Gasteiger partial charge on any atom is -0.481 e. The highest BCUT2D eigenvalue weighted by Crippen LogP contribution is 2.11. The monoisotopic (exact) mass is 434 g/mol. The highest BCUT2D eigenvalue weighted by Gasteiger charge is 1.97. The van der Waals surface area contributed by atoms with E-state index in [0.29, 0.717) is 12.8 Å². The normalized spacial score (nSPS) is 11.9. The molecule has 0 fully saturated rings. The van der Waals surface area contributed by atoms with E-state index in [1.165, 1.54) is 51.4 Å². The van der Waals surface area contributed by atoms with Crippen LogP contribution in [0.1, 0.15) is 122 Å². The van der Waals surface area contributed by atoms with Crippen LogP contribution in [0.2, 0.25) is 0 Å².